The lowest BCUT2D eigenvalue weighted by Gasteiger charge is -2.38. The minimum Gasteiger partial charge on any atom is -0.369 e. The fourth-order valence-electron chi connectivity index (χ4n) is 7.94. The highest BCUT2D eigenvalue weighted by molar-refractivity contribution is 6.21. The Morgan fingerprint density at radius 3 is 1.84 bits per heavy atom. The number of hydrogen-bond donors (Lipinski definition) is 1. The molecule has 6 rings (SSSR count). The zero-order chi connectivity index (χ0) is 35.1. The largest absolute Gasteiger partial charge is 0.369 e. The van der Waals surface area contributed by atoms with Crippen LogP contribution in [0.4, 0.5) is 5.69 Å². The molecule has 3 amide bonds. The third kappa shape index (κ3) is 7.37. The van der Waals surface area contributed by atoms with E-state index in [-0.39, 0.29) is 23.6 Å². The number of imide groups is 1. The van der Waals surface area contributed by atoms with Crippen LogP contribution < -0.4 is 10.6 Å². The number of benzene rings is 4. The molecule has 8 nitrogen and oxygen atoms in total. The Morgan fingerprint density at radius 2 is 1.28 bits per heavy atom. The summed E-state index contributed by atoms with van der Waals surface area (Å²) in [4.78, 5) is 45.4. The molecule has 2 N–H and O–H groups in total. The second kappa shape index (κ2) is 15.4. The van der Waals surface area contributed by atoms with E-state index in [1.54, 1.807) is 24.3 Å². The van der Waals surface area contributed by atoms with E-state index in [9.17, 15) is 14.4 Å². The second-order valence-electron chi connectivity index (χ2n) is 14.4. The van der Waals surface area contributed by atoms with Crippen molar-refractivity contribution in [3.63, 3.8) is 0 Å². The highest BCUT2D eigenvalue weighted by Crippen LogP contribution is 2.43. The number of fused-ring (bicyclic) bond motifs is 1. The van der Waals surface area contributed by atoms with Crippen LogP contribution in [-0.4, -0.2) is 98.5 Å². The van der Waals surface area contributed by atoms with Gasteiger partial charge in [0, 0.05) is 31.9 Å². The Kier molecular flexibility index (Phi) is 10.8. The maximum absolute atomic E-state index is 13.5. The molecule has 1 fully saturated rings. The molecule has 1 saturated heterocycles. The Bertz CT molecular complexity index is 1690. The van der Waals surface area contributed by atoms with Crippen molar-refractivity contribution in [3.05, 3.63) is 138 Å². The SMILES string of the molecule is C[N+](C)(CCCCN1C(=O)c2ccccc2C1=O)CCN(CCN1CCC(C(C(N)=O)(c2ccccc2)c2ccccc2)C1)c1ccccc1. The quantitative estimate of drug-likeness (QED) is 0.0974. The summed E-state index contributed by atoms with van der Waals surface area (Å²) in [6, 6.07) is 37.8. The molecule has 2 heterocycles. The monoisotopic (exact) mass is 672 g/mol. The normalized spacial score (nSPS) is 16.5. The molecular weight excluding hydrogens is 622 g/mol. The Balaban J connectivity index is 1.06. The van der Waals surface area contributed by atoms with Crippen LogP contribution in [0.25, 0.3) is 0 Å². The highest BCUT2D eigenvalue weighted by atomic mass is 16.2. The van der Waals surface area contributed by atoms with Crippen LogP contribution in [-0.2, 0) is 10.2 Å². The number of unbranched alkanes of at least 4 members (excludes halogenated alkanes) is 1. The predicted molar refractivity (Wildman–Crippen MR) is 199 cm³/mol. The van der Waals surface area contributed by atoms with E-state index in [1.165, 1.54) is 10.6 Å². The van der Waals surface area contributed by atoms with Crippen LogP contribution in [0.15, 0.2) is 115 Å². The summed E-state index contributed by atoms with van der Waals surface area (Å²) in [5.74, 6) is -0.590. The highest BCUT2D eigenvalue weighted by Gasteiger charge is 2.49. The molecular formula is C42H50N5O3+. The van der Waals surface area contributed by atoms with Crippen molar-refractivity contribution in [3.8, 4) is 0 Å². The van der Waals surface area contributed by atoms with Gasteiger partial charge in [0.15, 0.2) is 0 Å². The number of hydrogen-bond acceptors (Lipinski definition) is 5. The van der Waals surface area contributed by atoms with Gasteiger partial charge in [-0.1, -0.05) is 91.0 Å². The molecule has 4 aromatic carbocycles. The first kappa shape index (κ1) is 35.1. The predicted octanol–water partition coefficient (Wildman–Crippen LogP) is 5.44. The van der Waals surface area contributed by atoms with Crippen molar-refractivity contribution in [1.82, 2.24) is 9.80 Å². The van der Waals surface area contributed by atoms with Gasteiger partial charge in [-0.2, -0.15) is 0 Å². The number of para-hydroxylation sites is 1. The first-order valence-corrected chi connectivity index (χ1v) is 17.9. The molecule has 8 heteroatoms. The minimum atomic E-state index is -0.892. The summed E-state index contributed by atoms with van der Waals surface area (Å²) in [7, 11) is 4.51. The van der Waals surface area contributed by atoms with Gasteiger partial charge in [-0.3, -0.25) is 19.3 Å². The molecule has 50 heavy (non-hydrogen) atoms. The number of primary amides is 1. The van der Waals surface area contributed by atoms with Gasteiger partial charge < -0.3 is 20.0 Å². The van der Waals surface area contributed by atoms with E-state index < -0.39 is 5.41 Å². The van der Waals surface area contributed by atoms with E-state index in [1.807, 2.05) is 60.7 Å². The number of likely N-dealkylation sites (tertiary alicyclic amines) is 1. The van der Waals surface area contributed by atoms with Gasteiger partial charge >= 0.3 is 0 Å². The van der Waals surface area contributed by atoms with Crippen molar-refractivity contribution in [2.75, 3.05) is 71.4 Å². The van der Waals surface area contributed by atoms with Crippen molar-refractivity contribution >= 4 is 23.4 Å². The third-order valence-electron chi connectivity index (χ3n) is 10.8. The molecule has 0 spiro atoms. The molecule has 0 saturated carbocycles. The van der Waals surface area contributed by atoms with Gasteiger partial charge in [0.05, 0.1) is 44.9 Å². The Morgan fingerprint density at radius 1 is 0.740 bits per heavy atom. The fourth-order valence-corrected chi connectivity index (χ4v) is 7.94. The third-order valence-corrected chi connectivity index (χ3v) is 10.8. The molecule has 0 radical (unpaired) electrons. The lowest BCUT2D eigenvalue weighted by atomic mass is 9.64. The molecule has 2 aliphatic heterocycles. The van der Waals surface area contributed by atoms with Crippen molar-refractivity contribution in [2.45, 2.75) is 24.7 Å². The summed E-state index contributed by atoms with van der Waals surface area (Å²) in [5.41, 5.74) is 9.60. The molecule has 4 aromatic rings. The van der Waals surface area contributed by atoms with Crippen LogP contribution in [0.5, 0.6) is 0 Å². The van der Waals surface area contributed by atoms with Crippen molar-refractivity contribution < 1.29 is 18.9 Å². The first-order valence-electron chi connectivity index (χ1n) is 17.9. The average molecular weight is 673 g/mol. The smallest absolute Gasteiger partial charge is 0.261 e. The van der Waals surface area contributed by atoms with Crippen molar-refractivity contribution in [2.24, 2.45) is 11.7 Å². The van der Waals surface area contributed by atoms with Gasteiger partial charge in [-0.15, -0.1) is 0 Å². The van der Waals surface area contributed by atoms with E-state index in [4.69, 9.17) is 5.73 Å². The lowest BCUT2D eigenvalue weighted by molar-refractivity contribution is -0.889. The van der Waals surface area contributed by atoms with Gasteiger partial charge in [-0.25, -0.2) is 0 Å². The number of amides is 3. The summed E-state index contributed by atoms with van der Waals surface area (Å²) >= 11 is 0. The summed E-state index contributed by atoms with van der Waals surface area (Å²) in [6.07, 6.45) is 2.60. The maximum Gasteiger partial charge on any atom is 0.261 e. The minimum absolute atomic E-state index is 0.0610. The van der Waals surface area contributed by atoms with Gasteiger partial charge in [0.25, 0.3) is 11.8 Å². The van der Waals surface area contributed by atoms with Crippen molar-refractivity contribution in [1.29, 1.82) is 0 Å². The molecule has 0 aliphatic carbocycles. The average Bonchev–Trinajstić information content (AvgIpc) is 3.70. The zero-order valence-electron chi connectivity index (χ0n) is 29.4. The Hall–Kier alpha value is -4.79. The van der Waals surface area contributed by atoms with Crippen LogP contribution in [0.3, 0.4) is 0 Å². The second-order valence-corrected chi connectivity index (χ2v) is 14.4. The van der Waals surface area contributed by atoms with Crippen LogP contribution in [0.2, 0.25) is 0 Å². The number of carbonyl (C=O) groups is 3. The van der Waals surface area contributed by atoms with Gasteiger partial charge in [-0.05, 0) is 67.1 Å². The summed E-state index contributed by atoms with van der Waals surface area (Å²) < 4.78 is 0.840. The number of rotatable bonds is 16. The van der Waals surface area contributed by atoms with E-state index in [0.717, 1.165) is 80.7 Å². The number of quaternary nitrogens is 1. The Labute approximate surface area is 296 Å². The molecule has 2 aliphatic rings. The molecule has 0 bridgehead atoms. The van der Waals surface area contributed by atoms with E-state index >= 15 is 0 Å². The van der Waals surface area contributed by atoms with Gasteiger partial charge in [0.2, 0.25) is 5.91 Å². The van der Waals surface area contributed by atoms with Gasteiger partial charge in [0.1, 0.15) is 5.41 Å². The number of nitrogens with two attached hydrogens (primary N) is 1. The van der Waals surface area contributed by atoms with Crippen LogP contribution in [0.1, 0.15) is 51.1 Å². The number of likely N-dealkylation sites (N-methyl/N-ethyl adjacent to an activating group) is 1. The molecule has 260 valence electrons. The van der Waals surface area contributed by atoms with Crippen LogP contribution in [0, 0.1) is 5.92 Å². The first-order chi connectivity index (χ1) is 24.2. The topological polar surface area (TPSA) is 87.0 Å². The summed E-state index contributed by atoms with van der Waals surface area (Å²) in [5, 5.41) is 0. The number of carbonyl (C=O) groups excluding carboxylic acids is 3. The zero-order valence-corrected chi connectivity index (χ0v) is 29.4. The summed E-state index contributed by atoms with van der Waals surface area (Å²) in [6.45, 7) is 6.72. The number of nitrogens with zero attached hydrogens (tertiary/aromatic N) is 4. The fraction of sp³-hybridized carbons (Fsp3) is 0.357. The number of anilines is 1. The molecule has 1 unspecified atom stereocenters. The standard InChI is InChI=1S/C42H49N5O3/c1-47(2,30-15-14-25-46-39(48)37-22-12-13-23-38(37)40(46)49)31-29-45(36-20-10-5-11-21-36)28-27-44-26-24-35(32-44)42(41(43)50,33-16-6-3-7-17-33)34-18-8-4-9-19-34/h3-13,16-23,35H,14-15,24-32H2,1-2H3,(H-,43,50)/p+1. The van der Waals surface area contributed by atoms with E-state index in [0.29, 0.717) is 17.7 Å². The molecule has 0 aromatic heterocycles. The molecule has 1 atom stereocenters. The van der Waals surface area contributed by atoms with E-state index in [2.05, 4.69) is 54.2 Å². The maximum atomic E-state index is 13.5. The lowest BCUT2D eigenvalue weighted by Crippen LogP contribution is -2.49. The van der Waals surface area contributed by atoms with Crippen LogP contribution >= 0.6 is 0 Å².